The lowest BCUT2D eigenvalue weighted by Gasteiger charge is -2.38. The number of hydrogen-bond acceptors (Lipinski definition) is 2. The summed E-state index contributed by atoms with van der Waals surface area (Å²) in [7, 11) is 0. The van der Waals surface area contributed by atoms with E-state index in [0.29, 0.717) is 18.1 Å². The van der Waals surface area contributed by atoms with Crippen LogP contribution < -0.4 is 5.32 Å². The molecule has 0 atom stereocenters. The van der Waals surface area contributed by atoms with E-state index in [4.69, 9.17) is 11.6 Å². The Balaban J connectivity index is 2.40. The third-order valence-corrected chi connectivity index (χ3v) is 2.77. The van der Waals surface area contributed by atoms with Crippen LogP contribution in [0.1, 0.15) is 11.1 Å². The molecule has 0 bridgehead atoms. The average Bonchev–Trinajstić information content (AvgIpc) is 2.00. The summed E-state index contributed by atoms with van der Waals surface area (Å²) in [6, 6.07) is 5.75. The minimum atomic E-state index is -0.745. The molecule has 2 nitrogen and oxygen atoms in total. The molecule has 0 radical (unpaired) electrons. The van der Waals surface area contributed by atoms with Crippen LogP contribution >= 0.6 is 11.6 Å². The molecule has 1 aliphatic heterocycles. The van der Waals surface area contributed by atoms with Crippen LogP contribution in [0.25, 0.3) is 0 Å². The van der Waals surface area contributed by atoms with Crippen LogP contribution in [-0.2, 0) is 5.60 Å². The maximum Gasteiger partial charge on any atom is 0.116 e. The lowest BCUT2D eigenvalue weighted by Crippen LogP contribution is -2.56. The molecule has 13 heavy (non-hydrogen) atoms. The zero-order valence-corrected chi connectivity index (χ0v) is 8.23. The number of halogens is 1. The van der Waals surface area contributed by atoms with Gasteiger partial charge in [0.25, 0.3) is 0 Å². The van der Waals surface area contributed by atoms with Crippen molar-refractivity contribution in [1.82, 2.24) is 5.32 Å². The normalized spacial score (nSPS) is 19.6. The van der Waals surface area contributed by atoms with E-state index in [1.54, 1.807) is 0 Å². The second-order valence-electron chi connectivity index (χ2n) is 3.62. The summed E-state index contributed by atoms with van der Waals surface area (Å²) in [5.74, 6) is 0. The van der Waals surface area contributed by atoms with Gasteiger partial charge in [-0.3, -0.25) is 0 Å². The maximum atomic E-state index is 10.0. The Morgan fingerprint density at radius 2 is 2.15 bits per heavy atom. The van der Waals surface area contributed by atoms with Crippen LogP contribution in [0.2, 0.25) is 5.02 Å². The topological polar surface area (TPSA) is 32.3 Å². The van der Waals surface area contributed by atoms with Gasteiger partial charge in [-0.05, 0) is 18.6 Å². The molecule has 3 heteroatoms. The van der Waals surface area contributed by atoms with Crippen molar-refractivity contribution in [2.24, 2.45) is 0 Å². The number of benzene rings is 1. The highest BCUT2D eigenvalue weighted by atomic mass is 35.5. The quantitative estimate of drug-likeness (QED) is 0.714. The largest absolute Gasteiger partial charge is 0.382 e. The molecule has 0 aliphatic carbocycles. The summed E-state index contributed by atoms with van der Waals surface area (Å²) < 4.78 is 0. The van der Waals surface area contributed by atoms with Crippen LogP contribution in [0.15, 0.2) is 18.2 Å². The van der Waals surface area contributed by atoms with Gasteiger partial charge < -0.3 is 10.4 Å². The van der Waals surface area contributed by atoms with Crippen LogP contribution in [0.5, 0.6) is 0 Å². The van der Waals surface area contributed by atoms with Gasteiger partial charge in [-0.1, -0.05) is 23.7 Å². The van der Waals surface area contributed by atoms with E-state index in [0.717, 1.165) is 11.1 Å². The number of rotatable bonds is 1. The number of hydrogen-bond donors (Lipinski definition) is 2. The lowest BCUT2D eigenvalue weighted by molar-refractivity contribution is -0.0145. The summed E-state index contributed by atoms with van der Waals surface area (Å²) >= 11 is 6.04. The fourth-order valence-electron chi connectivity index (χ4n) is 1.55. The van der Waals surface area contributed by atoms with Gasteiger partial charge in [0.15, 0.2) is 0 Å². The fraction of sp³-hybridized carbons (Fsp3) is 0.400. The Kier molecular flexibility index (Phi) is 2.06. The SMILES string of the molecule is Cc1ccc(C2(O)CNC2)c(Cl)c1. The van der Waals surface area contributed by atoms with Crippen LogP contribution in [0.4, 0.5) is 0 Å². The highest BCUT2D eigenvalue weighted by Gasteiger charge is 2.37. The van der Waals surface area contributed by atoms with E-state index in [1.165, 1.54) is 0 Å². The third kappa shape index (κ3) is 1.46. The number of β-amino-alcohol motifs (C(OH)–C–C–N with tert-alkyl or cyclic N) is 1. The standard InChI is InChI=1S/C10H12ClNO/c1-7-2-3-8(9(11)4-7)10(13)5-12-6-10/h2-4,12-13H,5-6H2,1H3. The van der Waals surface area contributed by atoms with E-state index < -0.39 is 5.60 Å². The molecule has 2 N–H and O–H groups in total. The van der Waals surface area contributed by atoms with Crippen LogP contribution in [0, 0.1) is 6.92 Å². The van der Waals surface area contributed by atoms with Crippen molar-refractivity contribution in [2.45, 2.75) is 12.5 Å². The van der Waals surface area contributed by atoms with E-state index in [1.807, 2.05) is 25.1 Å². The van der Waals surface area contributed by atoms with Gasteiger partial charge in [0.05, 0.1) is 0 Å². The fourth-order valence-corrected chi connectivity index (χ4v) is 1.96. The first kappa shape index (κ1) is 9.00. The molecule has 1 aromatic rings. The first-order valence-electron chi connectivity index (χ1n) is 4.31. The predicted octanol–water partition coefficient (Wildman–Crippen LogP) is 1.44. The van der Waals surface area contributed by atoms with E-state index in [9.17, 15) is 5.11 Å². The third-order valence-electron chi connectivity index (χ3n) is 2.46. The van der Waals surface area contributed by atoms with Crippen molar-refractivity contribution in [2.75, 3.05) is 13.1 Å². The van der Waals surface area contributed by atoms with E-state index in [2.05, 4.69) is 5.32 Å². The highest BCUT2D eigenvalue weighted by molar-refractivity contribution is 6.31. The van der Waals surface area contributed by atoms with Gasteiger partial charge in [0.2, 0.25) is 0 Å². The Morgan fingerprint density at radius 1 is 1.46 bits per heavy atom. The lowest BCUT2D eigenvalue weighted by atomic mass is 9.88. The molecular formula is C10H12ClNO. The van der Waals surface area contributed by atoms with Crippen LogP contribution in [-0.4, -0.2) is 18.2 Å². The summed E-state index contributed by atoms with van der Waals surface area (Å²) in [6.45, 7) is 3.17. The Labute approximate surface area is 82.5 Å². The summed E-state index contributed by atoms with van der Waals surface area (Å²) in [5, 5.41) is 13.7. The number of aryl methyl sites for hydroxylation is 1. The zero-order valence-electron chi connectivity index (χ0n) is 7.47. The van der Waals surface area contributed by atoms with Crippen molar-refractivity contribution in [3.63, 3.8) is 0 Å². The van der Waals surface area contributed by atoms with Gasteiger partial charge >= 0.3 is 0 Å². The second kappa shape index (κ2) is 2.98. The molecule has 1 fully saturated rings. The van der Waals surface area contributed by atoms with E-state index in [-0.39, 0.29) is 0 Å². The second-order valence-corrected chi connectivity index (χ2v) is 4.03. The predicted molar refractivity (Wildman–Crippen MR) is 53.0 cm³/mol. The zero-order chi connectivity index (χ0) is 9.47. The number of nitrogens with one attached hydrogen (secondary N) is 1. The molecule has 0 unspecified atom stereocenters. The summed E-state index contributed by atoms with van der Waals surface area (Å²) in [4.78, 5) is 0. The molecule has 0 saturated carbocycles. The Bertz CT molecular complexity index is 334. The molecule has 2 rings (SSSR count). The van der Waals surface area contributed by atoms with Crippen molar-refractivity contribution in [3.8, 4) is 0 Å². The summed E-state index contributed by atoms with van der Waals surface area (Å²) in [6.07, 6.45) is 0. The van der Waals surface area contributed by atoms with Crippen molar-refractivity contribution in [3.05, 3.63) is 34.3 Å². The number of aliphatic hydroxyl groups is 1. The van der Waals surface area contributed by atoms with Crippen molar-refractivity contribution in [1.29, 1.82) is 0 Å². The first-order valence-corrected chi connectivity index (χ1v) is 4.69. The molecule has 1 aliphatic rings. The molecule has 70 valence electrons. The molecule has 1 saturated heterocycles. The molecule has 1 heterocycles. The van der Waals surface area contributed by atoms with Gasteiger partial charge in [-0.2, -0.15) is 0 Å². The minimum Gasteiger partial charge on any atom is -0.382 e. The van der Waals surface area contributed by atoms with Gasteiger partial charge in [-0.15, -0.1) is 0 Å². The smallest absolute Gasteiger partial charge is 0.116 e. The molecular weight excluding hydrogens is 186 g/mol. The molecule has 1 aromatic carbocycles. The Morgan fingerprint density at radius 3 is 2.62 bits per heavy atom. The maximum absolute atomic E-state index is 10.0. The molecule has 0 spiro atoms. The monoisotopic (exact) mass is 197 g/mol. The van der Waals surface area contributed by atoms with Crippen LogP contribution in [0.3, 0.4) is 0 Å². The molecule has 0 aromatic heterocycles. The van der Waals surface area contributed by atoms with Gasteiger partial charge in [0, 0.05) is 23.7 Å². The highest BCUT2D eigenvalue weighted by Crippen LogP contribution is 2.31. The van der Waals surface area contributed by atoms with Crippen molar-refractivity contribution >= 4 is 11.6 Å². The van der Waals surface area contributed by atoms with E-state index >= 15 is 0 Å². The Hall–Kier alpha value is -0.570. The van der Waals surface area contributed by atoms with Crippen molar-refractivity contribution < 1.29 is 5.11 Å². The minimum absolute atomic E-state index is 0.593. The average molecular weight is 198 g/mol. The van der Waals surface area contributed by atoms with Gasteiger partial charge in [-0.25, -0.2) is 0 Å². The molecule has 0 amide bonds. The summed E-state index contributed by atoms with van der Waals surface area (Å²) in [5.41, 5.74) is 1.20. The van der Waals surface area contributed by atoms with Gasteiger partial charge in [0.1, 0.15) is 5.60 Å². The first-order chi connectivity index (χ1) is 6.12.